The van der Waals surface area contributed by atoms with Crippen LogP contribution in [0.25, 0.3) is 0 Å². The highest BCUT2D eigenvalue weighted by Gasteiger charge is 2.29. The molecule has 1 heterocycles. The summed E-state index contributed by atoms with van der Waals surface area (Å²) in [5.41, 5.74) is 0. The smallest absolute Gasteiger partial charge is 0.214 e. The van der Waals surface area contributed by atoms with E-state index in [1.54, 1.807) is 11.2 Å². The summed E-state index contributed by atoms with van der Waals surface area (Å²) in [5, 5.41) is 9.46. The van der Waals surface area contributed by atoms with Crippen molar-refractivity contribution >= 4 is 21.6 Å². The Morgan fingerprint density at radius 1 is 1.35 bits per heavy atom. The lowest BCUT2D eigenvalue weighted by atomic mass is 9.93. The maximum atomic E-state index is 12.0. The Kier molecular flexibility index (Phi) is 6.20. The number of alkyl halides is 1. The number of aliphatic hydroxyl groups excluding tert-OH is 1. The summed E-state index contributed by atoms with van der Waals surface area (Å²) in [4.78, 5) is 0. The second-order valence-corrected chi connectivity index (χ2v) is 7.16. The van der Waals surface area contributed by atoms with Crippen LogP contribution in [0.2, 0.25) is 0 Å². The summed E-state index contributed by atoms with van der Waals surface area (Å²) >= 11 is 5.53. The highest BCUT2D eigenvalue weighted by molar-refractivity contribution is 7.89. The van der Waals surface area contributed by atoms with Crippen molar-refractivity contribution < 1.29 is 13.5 Å². The van der Waals surface area contributed by atoms with Gasteiger partial charge in [0.2, 0.25) is 10.0 Å². The number of sulfonamides is 1. The lowest BCUT2D eigenvalue weighted by molar-refractivity contribution is 0.0912. The Balaban J connectivity index is 2.41. The lowest BCUT2D eigenvalue weighted by Crippen LogP contribution is -2.41. The molecule has 0 bridgehead atoms. The number of rotatable bonds is 6. The Bertz CT molecular complexity index is 311. The van der Waals surface area contributed by atoms with E-state index in [1.807, 2.05) is 0 Å². The number of hydrogen-bond acceptors (Lipinski definition) is 3. The first-order chi connectivity index (χ1) is 7.97. The maximum absolute atomic E-state index is 12.0. The molecule has 0 saturated carbocycles. The molecular formula is C11H22ClNO3S. The minimum Gasteiger partial charge on any atom is -0.393 e. The molecule has 1 fully saturated rings. The van der Waals surface area contributed by atoms with E-state index >= 15 is 0 Å². The number of hydrogen-bond donors (Lipinski definition) is 1. The first-order valence-electron chi connectivity index (χ1n) is 6.19. The van der Waals surface area contributed by atoms with Gasteiger partial charge in [-0.05, 0) is 38.5 Å². The van der Waals surface area contributed by atoms with Crippen LogP contribution in [0.1, 0.15) is 32.6 Å². The molecule has 0 aliphatic carbocycles. The van der Waals surface area contributed by atoms with Crippen molar-refractivity contribution in [3.05, 3.63) is 0 Å². The topological polar surface area (TPSA) is 57.6 Å². The predicted octanol–water partition coefficient (Wildman–Crippen LogP) is 1.43. The van der Waals surface area contributed by atoms with Gasteiger partial charge in [-0.2, -0.15) is 0 Å². The molecule has 4 nitrogen and oxygen atoms in total. The van der Waals surface area contributed by atoms with Gasteiger partial charge in [-0.25, -0.2) is 12.7 Å². The number of aliphatic hydroxyl groups is 1. The second kappa shape index (κ2) is 6.92. The van der Waals surface area contributed by atoms with Gasteiger partial charge < -0.3 is 5.11 Å². The van der Waals surface area contributed by atoms with Crippen LogP contribution < -0.4 is 0 Å². The van der Waals surface area contributed by atoms with E-state index in [0.29, 0.717) is 25.4 Å². The molecule has 0 aromatic rings. The monoisotopic (exact) mass is 283 g/mol. The van der Waals surface area contributed by atoms with Crippen molar-refractivity contribution in [2.75, 3.05) is 24.7 Å². The standard InChI is InChI=1S/C11H22ClNO3S/c1-10(14)11-4-7-13(8-5-11)17(15,16)9-3-2-6-12/h10-11,14H,2-9H2,1H3. The third-order valence-corrected chi connectivity index (χ3v) is 5.58. The van der Waals surface area contributed by atoms with Gasteiger partial charge in [-0.1, -0.05) is 0 Å². The fourth-order valence-electron chi connectivity index (χ4n) is 2.14. The van der Waals surface area contributed by atoms with Crippen molar-refractivity contribution in [3.8, 4) is 0 Å². The van der Waals surface area contributed by atoms with Crippen LogP contribution in [0.4, 0.5) is 0 Å². The normalized spacial score (nSPS) is 21.6. The Morgan fingerprint density at radius 3 is 2.41 bits per heavy atom. The van der Waals surface area contributed by atoms with E-state index in [0.717, 1.165) is 19.3 Å². The zero-order chi connectivity index (χ0) is 12.9. The van der Waals surface area contributed by atoms with E-state index in [9.17, 15) is 13.5 Å². The Labute approximate surface area is 109 Å². The van der Waals surface area contributed by atoms with Gasteiger partial charge in [0, 0.05) is 19.0 Å². The third-order valence-electron chi connectivity index (χ3n) is 3.36. The molecule has 1 N–H and O–H groups in total. The summed E-state index contributed by atoms with van der Waals surface area (Å²) in [6.45, 7) is 2.85. The summed E-state index contributed by atoms with van der Waals surface area (Å²) < 4.78 is 25.5. The fraction of sp³-hybridized carbons (Fsp3) is 1.00. The van der Waals surface area contributed by atoms with Crippen LogP contribution in [-0.4, -0.2) is 48.7 Å². The van der Waals surface area contributed by atoms with E-state index in [2.05, 4.69) is 0 Å². The van der Waals surface area contributed by atoms with Crippen molar-refractivity contribution in [2.45, 2.75) is 38.7 Å². The minimum absolute atomic E-state index is 0.194. The minimum atomic E-state index is -3.11. The van der Waals surface area contributed by atoms with E-state index in [-0.39, 0.29) is 17.8 Å². The molecule has 0 aromatic heterocycles. The number of halogens is 1. The highest BCUT2D eigenvalue weighted by Crippen LogP contribution is 2.22. The molecule has 0 radical (unpaired) electrons. The molecule has 0 amide bonds. The molecule has 1 rings (SSSR count). The van der Waals surface area contributed by atoms with E-state index in [1.165, 1.54) is 0 Å². The number of piperidine rings is 1. The predicted molar refractivity (Wildman–Crippen MR) is 69.7 cm³/mol. The van der Waals surface area contributed by atoms with E-state index in [4.69, 9.17) is 11.6 Å². The molecule has 0 spiro atoms. The van der Waals surface area contributed by atoms with Gasteiger partial charge in [0.15, 0.2) is 0 Å². The summed E-state index contributed by atoms with van der Waals surface area (Å²) in [6.07, 6.45) is 2.54. The molecule has 1 unspecified atom stereocenters. The fourth-order valence-corrected chi connectivity index (χ4v) is 3.93. The van der Waals surface area contributed by atoms with Crippen LogP contribution in [0.15, 0.2) is 0 Å². The Hall–Kier alpha value is 0.160. The third kappa shape index (κ3) is 4.73. The van der Waals surface area contributed by atoms with Crippen molar-refractivity contribution in [2.24, 2.45) is 5.92 Å². The highest BCUT2D eigenvalue weighted by atomic mass is 35.5. The number of unbranched alkanes of at least 4 members (excludes halogenated alkanes) is 1. The summed E-state index contributed by atoms with van der Waals surface area (Å²) in [7, 11) is -3.11. The first kappa shape index (κ1) is 15.2. The second-order valence-electron chi connectivity index (χ2n) is 4.69. The summed E-state index contributed by atoms with van der Waals surface area (Å²) in [5.74, 6) is 0.947. The van der Waals surface area contributed by atoms with Crippen molar-refractivity contribution in [1.82, 2.24) is 4.31 Å². The first-order valence-corrected chi connectivity index (χ1v) is 8.33. The van der Waals surface area contributed by atoms with Crippen LogP contribution >= 0.6 is 11.6 Å². The van der Waals surface area contributed by atoms with Gasteiger partial charge in [-0.3, -0.25) is 0 Å². The molecule has 1 atom stereocenters. The van der Waals surface area contributed by atoms with Gasteiger partial charge in [0.05, 0.1) is 11.9 Å². The molecule has 102 valence electrons. The largest absolute Gasteiger partial charge is 0.393 e. The molecule has 1 aliphatic rings. The average molecular weight is 284 g/mol. The van der Waals surface area contributed by atoms with Crippen LogP contribution in [-0.2, 0) is 10.0 Å². The van der Waals surface area contributed by atoms with Gasteiger partial charge in [0.1, 0.15) is 0 Å². The van der Waals surface area contributed by atoms with Crippen LogP contribution in [0.5, 0.6) is 0 Å². The Morgan fingerprint density at radius 2 is 1.94 bits per heavy atom. The van der Waals surface area contributed by atoms with Crippen molar-refractivity contribution in [3.63, 3.8) is 0 Å². The number of nitrogens with zero attached hydrogens (tertiary/aromatic N) is 1. The van der Waals surface area contributed by atoms with Gasteiger partial charge in [-0.15, -0.1) is 11.6 Å². The molecular weight excluding hydrogens is 262 g/mol. The quantitative estimate of drug-likeness (QED) is 0.593. The molecule has 17 heavy (non-hydrogen) atoms. The average Bonchev–Trinajstić information content (AvgIpc) is 2.29. The van der Waals surface area contributed by atoms with Crippen LogP contribution in [0, 0.1) is 5.92 Å². The SMILES string of the molecule is CC(O)C1CCN(S(=O)(=O)CCCCCl)CC1. The van der Waals surface area contributed by atoms with Gasteiger partial charge in [0.25, 0.3) is 0 Å². The maximum Gasteiger partial charge on any atom is 0.214 e. The molecule has 6 heteroatoms. The molecule has 1 aliphatic heterocycles. The van der Waals surface area contributed by atoms with Crippen molar-refractivity contribution in [1.29, 1.82) is 0 Å². The van der Waals surface area contributed by atoms with Gasteiger partial charge >= 0.3 is 0 Å². The van der Waals surface area contributed by atoms with E-state index < -0.39 is 10.0 Å². The van der Waals surface area contributed by atoms with Crippen LogP contribution in [0.3, 0.4) is 0 Å². The molecule has 1 saturated heterocycles. The summed E-state index contributed by atoms with van der Waals surface area (Å²) in [6, 6.07) is 0. The zero-order valence-electron chi connectivity index (χ0n) is 10.3. The molecule has 0 aromatic carbocycles. The zero-order valence-corrected chi connectivity index (χ0v) is 11.9. The lowest BCUT2D eigenvalue weighted by Gasteiger charge is -2.32.